The van der Waals surface area contributed by atoms with Crippen LogP contribution in [0.25, 0.3) is 0 Å². The van der Waals surface area contributed by atoms with Crippen molar-refractivity contribution in [1.29, 1.82) is 0 Å². The quantitative estimate of drug-likeness (QED) is 0.678. The summed E-state index contributed by atoms with van der Waals surface area (Å²) in [5.41, 5.74) is 3.17. The van der Waals surface area contributed by atoms with Crippen molar-refractivity contribution >= 4 is 29.0 Å². The molecule has 128 valence electrons. The Morgan fingerprint density at radius 3 is 2.38 bits per heavy atom. The zero-order valence-electron chi connectivity index (χ0n) is 13.7. The Hall–Kier alpha value is -3.11. The van der Waals surface area contributed by atoms with Gasteiger partial charge in [0.05, 0.1) is 10.6 Å². The first-order valence-electron chi connectivity index (χ1n) is 8.19. The Labute approximate surface area is 155 Å². The summed E-state index contributed by atoms with van der Waals surface area (Å²) in [6.07, 6.45) is -0.407. The van der Waals surface area contributed by atoms with Crippen molar-refractivity contribution in [3.8, 4) is 0 Å². The number of halogens is 1. The van der Waals surface area contributed by atoms with E-state index in [1.807, 2.05) is 36.4 Å². The lowest BCUT2D eigenvalue weighted by Crippen LogP contribution is -2.38. The van der Waals surface area contributed by atoms with Crippen LogP contribution in [0.1, 0.15) is 38.0 Å². The highest BCUT2D eigenvalue weighted by molar-refractivity contribution is 6.35. The van der Waals surface area contributed by atoms with Crippen LogP contribution in [-0.4, -0.2) is 11.7 Å². The predicted octanol–water partition coefficient (Wildman–Crippen LogP) is 4.43. The average Bonchev–Trinajstić information content (AvgIpc) is 2.68. The fourth-order valence-electron chi connectivity index (χ4n) is 3.01. The first-order valence-corrected chi connectivity index (χ1v) is 8.57. The second-order valence-corrected chi connectivity index (χ2v) is 6.44. The van der Waals surface area contributed by atoms with Crippen molar-refractivity contribution in [2.45, 2.75) is 6.17 Å². The number of nitrogens with one attached hydrogen (secondary N) is 2. The highest BCUT2D eigenvalue weighted by Gasteiger charge is 2.25. The van der Waals surface area contributed by atoms with Crippen LogP contribution >= 0.6 is 11.6 Å². The molecule has 4 nitrogen and oxygen atoms in total. The van der Waals surface area contributed by atoms with E-state index in [-0.39, 0.29) is 11.7 Å². The van der Waals surface area contributed by atoms with Gasteiger partial charge in [0.25, 0.3) is 5.91 Å². The lowest BCUT2D eigenvalue weighted by Gasteiger charge is -2.28. The molecule has 3 aromatic carbocycles. The standard InChI is InChI=1S/C21H15ClN2O2/c22-17-12-14(10-11-15(17)19(25)13-6-2-1-3-7-13)20-23-18-9-5-4-8-16(18)21(26)24-20/h1-12,20,23H,(H,24,26). The Bertz CT molecular complexity index is 1000. The second-order valence-electron chi connectivity index (χ2n) is 6.03. The summed E-state index contributed by atoms with van der Waals surface area (Å²) in [6.45, 7) is 0. The van der Waals surface area contributed by atoms with E-state index in [4.69, 9.17) is 11.6 Å². The maximum Gasteiger partial charge on any atom is 0.255 e. The smallest absolute Gasteiger partial charge is 0.255 e. The minimum absolute atomic E-state index is 0.131. The largest absolute Gasteiger partial charge is 0.361 e. The van der Waals surface area contributed by atoms with Crippen LogP contribution in [-0.2, 0) is 0 Å². The Morgan fingerprint density at radius 2 is 1.62 bits per heavy atom. The minimum Gasteiger partial charge on any atom is -0.361 e. The molecule has 0 saturated carbocycles. The number of carbonyl (C=O) groups excluding carboxylic acids is 2. The molecule has 0 saturated heterocycles. The van der Waals surface area contributed by atoms with E-state index >= 15 is 0 Å². The number of amides is 1. The molecule has 0 aliphatic carbocycles. The normalized spacial score (nSPS) is 15.6. The minimum atomic E-state index is -0.407. The van der Waals surface area contributed by atoms with Crippen LogP contribution in [0.3, 0.4) is 0 Å². The summed E-state index contributed by atoms with van der Waals surface area (Å²) in [7, 11) is 0. The number of ketones is 1. The number of para-hydroxylation sites is 1. The van der Waals surface area contributed by atoms with Gasteiger partial charge < -0.3 is 10.6 Å². The highest BCUT2D eigenvalue weighted by Crippen LogP contribution is 2.29. The van der Waals surface area contributed by atoms with Gasteiger partial charge in [-0.1, -0.05) is 60.1 Å². The molecule has 0 bridgehead atoms. The second kappa shape index (κ2) is 6.65. The SMILES string of the molecule is O=C(c1ccccc1)c1ccc(C2NC(=O)c3ccccc3N2)cc1Cl. The van der Waals surface area contributed by atoms with E-state index in [2.05, 4.69) is 10.6 Å². The Balaban J connectivity index is 1.63. The van der Waals surface area contributed by atoms with Gasteiger partial charge in [-0.25, -0.2) is 0 Å². The van der Waals surface area contributed by atoms with E-state index in [1.165, 1.54) is 0 Å². The summed E-state index contributed by atoms with van der Waals surface area (Å²) in [6, 6.07) is 21.5. The predicted molar refractivity (Wildman–Crippen MR) is 102 cm³/mol. The van der Waals surface area contributed by atoms with Gasteiger partial charge in [0.1, 0.15) is 6.17 Å². The molecule has 0 spiro atoms. The number of carbonyl (C=O) groups is 2. The van der Waals surface area contributed by atoms with Crippen LogP contribution < -0.4 is 10.6 Å². The van der Waals surface area contributed by atoms with E-state index in [0.29, 0.717) is 21.7 Å². The fraction of sp³-hybridized carbons (Fsp3) is 0.0476. The molecule has 1 aliphatic heterocycles. The molecule has 5 heteroatoms. The number of hydrogen-bond donors (Lipinski definition) is 2. The van der Waals surface area contributed by atoms with Gasteiger partial charge in [-0.15, -0.1) is 0 Å². The van der Waals surface area contributed by atoms with Crippen molar-refractivity contribution in [2.75, 3.05) is 5.32 Å². The van der Waals surface area contributed by atoms with Crippen LogP contribution in [0.15, 0.2) is 72.8 Å². The molecule has 0 radical (unpaired) electrons. The van der Waals surface area contributed by atoms with E-state index < -0.39 is 6.17 Å². The van der Waals surface area contributed by atoms with Crippen LogP contribution in [0, 0.1) is 0 Å². The van der Waals surface area contributed by atoms with E-state index in [0.717, 1.165) is 11.3 Å². The molecule has 1 amide bonds. The molecular formula is C21H15ClN2O2. The number of anilines is 1. The monoisotopic (exact) mass is 362 g/mol. The first-order chi connectivity index (χ1) is 12.6. The molecule has 0 fully saturated rings. The highest BCUT2D eigenvalue weighted by atomic mass is 35.5. The zero-order valence-corrected chi connectivity index (χ0v) is 14.5. The van der Waals surface area contributed by atoms with E-state index in [9.17, 15) is 9.59 Å². The summed E-state index contributed by atoms with van der Waals surface area (Å²) in [5, 5.41) is 6.53. The van der Waals surface area contributed by atoms with Crippen molar-refractivity contribution in [3.05, 3.63) is 100 Å². The van der Waals surface area contributed by atoms with Crippen molar-refractivity contribution in [3.63, 3.8) is 0 Å². The number of hydrogen-bond acceptors (Lipinski definition) is 3. The summed E-state index contributed by atoms with van der Waals surface area (Å²) >= 11 is 6.37. The molecule has 1 aliphatic rings. The van der Waals surface area contributed by atoms with Crippen molar-refractivity contribution < 1.29 is 9.59 Å². The lowest BCUT2D eigenvalue weighted by atomic mass is 10.00. The fourth-order valence-corrected chi connectivity index (χ4v) is 3.29. The molecule has 1 unspecified atom stereocenters. The van der Waals surface area contributed by atoms with Gasteiger partial charge in [-0.2, -0.15) is 0 Å². The average molecular weight is 363 g/mol. The Morgan fingerprint density at radius 1 is 0.885 bits per heavy atom. The molecule has 3 aromatic rings. The third kappa shape index (κ3) is 2.95. The van der Waals surface area contributed by atoms with Gasteiger partial charge in [0.2, 0.25) is 0 Å². The number of fused-ring (bicyclic) bond motifs is 1. The van der Waals surface area contributed by atoms with E-state index in [1.54, 1.807) is 36.4 Å². The van der Waals surface area contributed by atoms with Crippen molar-refractivity contribution in [1.82, 2.24) is 5.32 Å². The molecule has 4 rings (SSSR count). The molecule has 0 aromatic heterocycles. The van der Waals surface area contributed by atoms with Gasteiger partial charge in [0.15, 0.2) is 5.78 Å². The maximum atomic E-state index is 12.6. The van der Waals surface area contributed by atoms with Gasteiger partial charge in [-0.05, 0) is 29.8 Å². The first kappa shape index (κ1) is 16.4. The van der Waals surface area contributed by atoms with Gasteiger partial charge in [-0.3, -0.25) is 9.59 Å². The lowest BCUT2D eigenvalue weighted by molar-refractivity contribution is 0.0935. The third-order valence-corrected chi connectivity index (χ3v) is 4.67. The summed E-state index contributed by atoms with van der Waals surface area (Å²) < 4.78 is 0. The maximum absolute atomic E-state index is 12.6. The van der Waals surface area contributed by atoms with Gasteiger partial charge >= 0.3 is 0 Å². The van der Waals surface area contributed by atoms with Crippen LogP contribution in [0.4, 0.5) is 5.69 Å². The summed E-state index contributed by atoms with van der Waals surface area (Å²) in [4.78, 5) is 24.9. The molecule has 2 N–H and O–H groups in total. The number of rotatable bonds is 3. The van der Waals surface area contributed by atoms with Crippen LogP contribution in [0.2, 0.25) is 5.02 Å². The number of benzene rings is 3. The molecule has 1 heterocycles. The molecule has 26 heavy (non-hydrogen) atoms. The van der Waals surface area contributed by atoms with Gasteiger partial charge in [0, 0.05) is 16.8 Å². The molecular weight excluding hydrogens is 348 g/mol. The zero-order chi connectivity index (χ0) is 18.1. The molecule has 1 atom stereocenters. The summed E-state index contributed by atoms with van der Waals surface area (Å²) in [5.74, 6) is -0.280. The van der Waals surface area contributed by atoms with Crippen molar-refractivity contribution in [2.24, 2.45) is 0 Å². The van der Waals surface area contributed by atoms with Crippen LogP contribution in [0.5, 0.6) is 0 Å². The third-order valence-electron chi connectivity index (χ3n) is 4.35. The topological polar surface area (TPSA) is 58.2 Å². The Kier molecular flexibility index (Phi) is 4.19.